The lowest BCUT2D eigenvalue weighted by molar-refractivity contribution is 0.0732. The Morgan fingerprint density at radius 3 is 3.13 bits per heavy atom. The Labute approximate surface area is 133 Å². The van der Waals surface area contributed by atoms with Gasteiger partial charge in [0, 0.05) is 30.8 Å². The van der Waals surface area contributed by atoms with Gasteiger partial charge in [0.15, 0.2) is 0 Å². The highest BCUT2D eigenvalue weighted by atomic mass is 16.2. The number of rotatable bonds is 2. The Balaban J connectivity index is 1.60. The van der Waals surface area contributed by atoms with E-state index in [2.05, 4.69) is 20.5 Å². The first-order valence-electron chi connectivity index (χ1n) is 7.96. The summed E-state index contributed by atoms with van der Waals surface area (Å²) in [5.74, 6) is 0.256. The van der Waals surface area contributed by atoms with Gasteiger partial charge in [0.2, 0.25) is 0 Å². The predicted octanol–water partition coefficient (Wildman–Crippen LogP) is 0.373. The number of fused-ring (bicyclic) bond motifs is 1. The second-order valence-electron chi connectivity index (χ2n) is 6.17. The molecule has 1 atom stereocenters. The molecule has 1 amide bonds. The fourth-order valence-electron chi connectivity index (χ4n) is 3.51. The quantitative estimate of drug-likeness (QED) is 0.747. The van der Waals surface area contributed by atoms with Gasteiger partial charge in [0.05, 0.1) is 24.0 Å². The Morgan fingerprint density at radius 1 is 1.39 bits per heavy atom. The van der Waals surface area contributed by atoms with Gasteiger partial charge in [-0.05, 0) is 31.0 Å². The van der Waals surface area contributed by atoms with Gasteiger partial charge in [-0.15, -0.1) is 0 Å². The van der Waals surface area contributed by atoms with Gasteiger partial charge in [-0.1, -0.05) is 0 Å². The van der Waals surface area contributed by atoms with Crippen LogP contribution in [-0.2, 0) is 13.0 Å². The molecule has 7 nitrogen and oxygen atoms in total. The molecule has 0 radical (unpaired) electrons. The summed E-state index contributed by atoms with van der Waals surface area (Å²) < 4.78 is 0. The van der Waals surface area contributed by atoms with Crippen molar-refractivity contribution in [3.05, 3.63) is 51.2 Å². The van der Waals surface area contributed by atoms with Gasteiger partial charge in [0.25, 0.3) is 11.5 Å². The summed E-state index contributed by atoms with van der Waals surface area (Å²) >= 11 is 0. The van der Waals surface area contributed by atoms with Crippen LogP contribution >= 0.6 is 0 Å². The molecule has 23 heavy (non-hydrogen) atoms. The molecule has 1 saturated heterocycles. The number of aromatic nitrogens is 3. The standard InChI is InChI=1S/C16H19N5O2/c22-15-13-9-21(6-3-10(13)2-5-18-15)16(23)12-8-19-20-14(12)11-1-4-17-7-11/h2,5,8,11,17H,1,3-4,6-7,9H2,(H,18,22)(H,19,20). The van der Waals surface area contributed by atoms with Crippen LogP contribution in [-0.4, -0.2) is 45.6 Å². The van der Waals surface area contributed by atoms with E-state index in [0.717, 1.165) is 30.8 Å². The molecule has 120 valence electrons. The molecular formula is C16H19N5O2. The lowest BCUT2D eigenvalue weighted by atomic mass is 9.98. The third-order valence-electron chi connectivity index (χ3n) is 4.82. The van der Waals surface area contributed by atoms with Crippen molar-refractivity contribution in [3.63, 3.8) is 0 Å². The van der Waals surface area contributed by atoms with Crippen LogP contribution in [0.15, 0.2) is 23.3 Å². The van der Waals surface area contributed by atoms with Gasteiger partial charge in [-0.3, -0.25) is 14.7 Å². The van der Waals surface area contributed by atoms with E-state index >= 15 is 0 Å². The molecule has 2 aromatic rings. The van der Waals surface area contributed by atoms with Crippen LogP contribution < -0.4 is 10.9 Å². The average molecular weight is 313 g/mol. The lowest BCUT2D eigenvalue weighted by Crippen LogP contribution is -2.39. The fraction of sp³-hybridized carbons (Fsp3) is 0.438. The Hall–Kier alpha value is -2.41. The molecule has 0 saturated carbocycles. The Bertz CT molecular complexity index is 788. The van der Waals surface area contributed by atoms with E-state index in [4.69, 9.17) is 0 Å². The maximum Gasteiger partial charge on any atom is 0.257 e. The van der Waals surface area contributed by atoms with Crippen molar-refractivity contribution in [2.24, 2.45) is 0 Å². The van der Waals surface area contributed by atoms with Crippen molar-refractivity contribution in [2.45, 2.75) is 25.3 Å². The summed E-state index contributed by atoms with van der Waals surface area (Å²) in [6, 6.07) is 1.92. The van der Waals surface area contributed by atoms with E-state index in [1.54, 1.807) is 17.3 Å². The van der Waals surface area contributed by atoms with Gasteiger partial charge in [0.1, 0.15) is 0 Å². The maximum absolute atomic E-state index is 12.9. The molecule has 0 aliphatic carbocycles. The van der Waals surface area contributed by atoms with Crippen molar-refractivity contribution in [3.8, 4) is 0 Å². The molecule has 0 spiro atoms. The minimum Gasteiger partial charge on any atom is -0.334 e. The van der Waals surface area contributed by atoms with Crippen molar-refractivity contribution in [1.82, 2.24) is 25.4 Å². The molecule has 1 unspecified atom stereocenters. The monoisotopic (exact) mass is 313 g/mol. The number of nitrogens with one attached hydrogen (secondary N) is 3. The van der Waals surface area contributed by atoms with Crippen LogP contribution in [0, 0.1) is 0 Å². The molecule has 0 aromatic carbocycles. The summed E-state index contributed by atoms with van der Waals surface area (Å²) in [6.07, 6.45) is 4.99. The number of amides is 1. The molecule has 2 aliphatic heterocycles. The second kappa shape index (κ2) is 5.66. The van der Waals surface area contributed by atoms with Gasteiger partial charge >= 0.3 is 0 Å². The number of aromatic amines is 2. The third kappa shape index (κ3) is 2.46. The number of hydrogen-bond acceptors (Lipinski definition) is 4. The maximum atomic E-state index is 12.9. The number of H-pyrrole nitrogens is 2. The van der Waals surface area contributed by atoms with Crippen molar-refractivity contribution < 1.29 is 4.79 Å². The SMILES string of the molecule is O=C(c1cn[nH]c1C1CCNC1)N1CCc2cc[nH]c(=O)c2C1. The summed E-state index contributed by atoms with van der Waals surface area (Å²) in [5, 5.41) is 10.4. The minimum atomic E-state index is -0.104. The van der Waals surface area contributed by atoms with Crippen molar-refractivity contribution >= 4 is 5.91 Å². The molecule has 3 N–H and O–H groups in total. The first-order valence-corrected chi connectivity index (χ1v) is 7.96. The Kier molecular flexibility index (Phi) is 3.49. The fourth-order valence-corrected chi connectivity index (χ4v) is 3.51. The van der Waals surface area contributed by atoms with Crippen LogP contribution in [0.25, 0.3) is 0 Å². The minimum absolute atomic E-state index is 0.0467. The number of carbonyl (C=O) groups excluding carboxylic acids is 1. The predicted molar refractivity (Wildman–Crippen MR) is 84.3 cm³/mol. The molecule has 1 fully saturated rings. The third-order valence-corrected chi connectivity index (χ3v) is 4.82. The number of carbonyl (C=O) groups is 1. The van der Waals surface area contributed by atoms with Crippen LogP contribution in [0.2, 0.25) is 0 Å². The lowest BCUT2D eigenvalue weighted by Gasteiger charge is -2.28. The summed E-state index contributed by atoms with van der Waals surface area (Å²) in [7, 11) is 0. The van der Waals surface area contributed by atoms with E-state index in [1.165, 1.54) is 0 Å². The molecule has 0 bridgehead atoms. The average Bonchev–Trinajstić information content (AvgIpc) is 3.25. The summed E-state index contributed by atoms with van der Waals surface area (Å²) in [6.45, 7) is 2.81. The molecule has 2 aliphatic rings. The van der Waals surface area contributed by atoms with Crippen LogP contribution in [0.4, 0.5) is 0 Å². The first kappa shape index (κ1) is 14.2. The van der Waals surface area contributed by atoms with Crippen molar-refractivity contribution in [2.75, 3.05) is 19.6 Å². The summed E-state index contributed by atoms with van der Waals surface area (Å²) in [5.41, 5.74) is 3.17. The van der Waals surface area contributed by atoms with E-state index < -0.39 is 0 Å². The highest BCUT2D eigenvalue weighted by Gasteiger charge is 2.29. The second-order valence-corrected chi connectivity index (χ2v) is 6.17. The smallest absolute Gasteiger partial charge is 0.257 e. The zero-order valence-electron chi connectivity index (χ0n) is 12.8. The van der Waals surface area contributed by atoms with E-state index in [-0.39, 0.29) is 11.5 Å². The largest absolute Gasteiger partial charge is 0.334 e. The van der Waals surface area contributed by atoms with Gasteiger partial charge in [-0.25, -0.2) is 0 Å². The van der Waals surface area contributed by atoms with Gasteiger partial charge in [-0.2, -0.15) is 5.10 Å². The molecule has 4 rings (SSSR count). The molecule has 4 heterocycles. The van der Waals surface area contributed by atoms with Crippen LogP contribution in [0.5, 0.6) is 0 Å². The Morgan fingerprint density at radius 2 is 2.30 bits per heavy atom. The zero-order valence-corrected chi connectivity index (χ0v) is 12.8. The summed E-state index contributed by atoms with van der Waals surface area (Å²) in [4.78, 5) is 29.3. The van der Waals surface area contributed by atoms with E-state index in [9.17, 15) is 9.59 Å². The molecular weight excluding hydrogens is 294 g/mol. The highest BCUT2D eigenvalue weighted by molar-refractivity contribution is 5.95. The first-order chi connectivity index (χ1) is 11.2. The van der Waals surface area contributed by atoms with Gasteiger partial charge < -0.3 is 15.2 Å². The van der Waals surface area contributed by atoms with Crippen LogP contribution in [0.1, 0.15) is 39.5 Å². The van der Waals surface area contributed by atoms with E-state index in [1.807, 2.05) is 6.07 Å². The van der Waals surface area contributed by atoms with Crippen molar-refractivity contribution in [1.29, 1.82) is 0 Å². The zero-order chi connectivity index (χ0) is 15.8. The molecule has 7 heteroatoms. The normalized spacial score (nSPS) is 20.5. The van der Waals surface area contributed by atoms with E-state index in [0.29, 0.717) is 36.6 Å². The highest BCUT2D eigenvalue weighted by Crippen LogP contribution is 2.25. The number of nitrogens with zero attached hydrogens (tertiary/aromatic N) is 2. The molecule has 2 aromatic heterocycles. The topological polar surface area (TPSA) is 93.9 Å². The number of hydrogen-bond donors (Lipinski definition) is 3. The van der Waals surface area contributed by atoms with Crippen LogP contribution in [0.3, 0.4) is 0 Å². The number of pyridine rings is 1.